The Bertz CT molecular complexity index is 3040. The average Bonchev–Trinajstić information content (AvgIpc) is 3.17. The number of nitrogen functional groups attached to an aromatic ring is 2. The van der Waals surface area contributed by atoms with E-state index in [1.807, 2.05) is 0 Å². The molecule has 0 aliphatic carbocycles. The standard InChI is InChI=1S/2C16H11N5O9S.Cr.3Na/c2*17-8-2-1-7-3-13(31(28,29)30)14(15(22)10(7)4-8)19-18-11-5-9(20(24)25)6-12(16(11)23)21(26)27;;;;/h2*1-6,22-23H,17H2,(H,28,29,30);;;;/q;;;3*+1. The molecule has 0 heterocycles. The van der Waals surface area contributed by atoms with Gasteiger partial charge in [-0.25, -0.2) is 0 Å². The molecule has 6 aromatic rings. The maximum atomic E-state index is 11.8. The molecular formula is C32H22CrN10Na3O18S2+3. The Balaban J connectivity index is 0.000000622. The fourth-order valence-corrected chi connectivity index (χ4v) is 6.65. The van der Waals surface area contributed by atoms with Gasteiger partial charge in [-0.2, -0.15) is 16.8 Å². The van der Waals surface area contributed by atoms with Gasteiger partial charge in [0.15, 0.2) is 11.5 Å². The molecule has 28 nitrogen and oxygen atoms in total. The smallest absolute Gasteiger partial charge is 0.505 e. The second-order valence-corrected chi connectivity index (χ2v) is 14.9. The molecule has 0 fully saturated rings. The fraction of sp³-hybridized carbons (Fsp3) is 0. The van der Waals surface area contributed by atoms with Crippen LogP contribution in [-0.4, -0.2) is 66.1 Å². The Morgan fingerprint density at radius 1 is 0.470 bits per heavy atom. The SMILES string of the molecule is Nc1ccc2cc(S(=O)(=O)O)c(N=Nc3cc([N+](=O)[O-])cc([N+](=O)[O-])c3O)c(O)c2c1.Nc1ccc2cc(S(=O)(=O)O)c(N=Nc3cc([N+](=O)[O-])cc([N+](=O)[O-])c3O)c(O)c2c1.[Cr].[Na+].[Na+].[Na+]. The van der Waals surface area contributed by atoms with Gasteiger partial charge < -0.3 is 31.9 Å². The van der Waals surface area contributed by atoms with Gasteiger partial charge in [-0.05, 0) is 47.2 Å². The number of hydrogen-bond acceptors (Lipinski definition) is 22. The van der Waals surface area contributed by atoms with Gasteiger partial charge >= 0.3 is 100 Å². The van der Waals surface area contributed by atoms with Crippen molar-refractivity contribution in [3.63, 3.8) is 0 Å². The molecule has 0 saturated heterocycles. The molecule has 0 saturated carbocycles. The summed E-state index contributed by atoms with van der Waals surface area (Å²) in [5.74, 6) is -3.70. The third-order valence-corrected chi connectivity index (χ3v) is 9.88. The fourth-order valence-electron chi connectivity index (χ4n) is 5.33. The van der Waals surface area contributed by atoms with Gasteiger partial charge in [0.05, 0.1) is 31.8 Å². The van der Waals surface area contributed by atoms with E-state index in [0.29, 0.717) is 24.3 Å². The molecular weight excluding hydrogens is 998 g/mol. The minimum atomic E-state index is -4.94. The predicted molar refractivity (Wildman–Crippen MR) is 211 cm³/mol. The van der Waals surface area contributed by atoms with Gasteiger partial charge in [-0.3, -0.25) is 49.6 Å². The molecule has 0 radical (unpaired) electrons. The number of nitrogens with two attached hydrogens (primary N) is 2. The third kappa shape index (κ3) is 13.0. The number of nitro benzene ring substituents is 4. The number of phenols is 4. The van der Waals surface area contributed by atoms with E-state index in [0.717, 1.165) is 12.1 Å². The summed E-state index contributed by atoms with van der Waals surface area (Å²) in [4.78, 5) is 38.2. The summed E-state index contributed by atoms with van der Waals surface area (Å²) >= 11 is 0. The first kappa shape index (κ1) is 58.8. The molecule has 0 aliphatic heterocycles. The Morgan fingerprint density at radius 3 is 1.06 bits per heavy atom. The largest absolute Gasteiger partial charge is 1.00 e. The van der Waals surface area contributed by atoms with Crippen molar-refractivity contribution in [2.45, 2.75) is 9.79 Å². The molecule has 66 heavy (non-hydrogen) atoms. The number of anilines is 2. The number of nitrogens with zero attached hydrogens (tertiary/aromatic N) is 8. The maximum Gasteiger partial charge on any atom is 1.00 e. The van der Waals surface area contributed by atoms with Gasteiger partial charge in [0.1, 0.15) is 32.5 Å². The van der Waals surface area contributed by atoms with Crippen LogP contribution in [-0.2, 0) is 37.6 Å². The van der Waals surface area contributed by atoms with Crippen LogP contribution in [0.4, 0.5) is 56.9 Å². The summed E-state index contributed by atoms with van der Waals surface area (Å²) < 4.78 is 66.1. The van der Waals surface area contributed by atoms with Crippen LogP contribution in [0.1, 0.15) is 0 Å². The zero-order chi connectivity index (χ0) is 46.2. The Morgan fingerprint density at radius 2 is 0.788 bits per heavy atom. The van der Waals surface area contributed by atoms with E-state index in [1.165, 1.54) is 36.4 Å². The normalized spacial score (nSPS) is 11.1. The van der Waals surface area contributed by atoms with E-state index in [2.05, 4.69) is 20.5 Å². The van der Waals surface area contributed by atoms with Crippen LogP contribution < -0.4 is 100 Å². The molecule has 10 N–H and O–H groups in total. The molecule has 0 aromatic heterocycles. The molecule has 0 bridgehead atoms. The topological polar surface area (TPSA) is 464 Å². The second kappa shape index (κ2) is 23.0. The van der Waals surface area contributed by atoms with Crippen LogP contribution in [0.25, 0.3) is 21.5 Å². The van der Waals surface area contributed by atoms with E-state index in [-0.39, 0.29) is 139 Å². The monoisotopic (exact) mass is 1020 g/mol. The van der Waals surface area contributed by atoms with Crippen LogP contribution in [0, 0.1) is 40.5 Å². The first-order valence-corrected chi connectivity index (χ1v) is 18.9. The van der Waals surface area contributed by atoms with E-state index >= 15 is 0 Å². The molecule has 0 atom stereocenters. The van der Waals surface area contributed by atoms with Crippen molar-refractivity contribution >= 4 is 98.7 Å². The molecule has 0 unspecified atom stereocenters. The van der Waals surface area contributed by atoms with E-state index in [9.17, 15) is 86.8 Å². The molecule has 6 rings (SSSR count). The Hall–Kier alpha value is -5.21. The molecule has 0 spiro atoms. The number of phenolic OH excluding ortho intramolecular Hbond substituents is 4. The number of nitro groups is 4. The number of rotatable bonds is 10. The summed E-state index contributed by atoms with van der Waals surface area (Å²) in [6.07, 6.45) is 0. The van der Waals surface area contributed by atoms with Gasteiger partial charge in [-0.1, -0.05) is 12.1 Å². The molecule has 6 aromatic carbocycles. The summed E-state index contributed by atoms with van der Waals surface area (Å²) in [5, 5.41) is 99.2. The molecule has 326 valence electrons. The molecule has 34 heteroatoms. The molecule has 0 aliphatic rings. The Labute approximate surface area is 444 Å². The van der Waals surface area contributed by atoms with Gasteiger partial charge in [0, 0.05) is 51.6 Å². The minimum Gasteiger partial charge on any atom is -0.505 e. The van der Waals surface area contributed by atoms with Crippen LogP contribution in [0.2, 0.25) is 0 Å². The number of aromatic hydroxyl groups is 4. The first-order valence-electron chi connectivity index (χ1n) is 16.0. The number of non-ortho nitro benzene ring substituents is 2. The summed E-state index contributed by atoms with van der Waals surface area (Å²) in [5.41, 5.74) is 4.93. The molecule has 0 amide bonds. The van der Waals surface area contributed by atoms with Crippen molar-refractivity contribution in [1.29, 1.82) is 0 Å². The van der Waals surface area contributed by atoms with Crippen molar-refractivity contribution in [1.82, 2.24) is 0 Å². The number of benzene rings is 6. The van der Waals surface area contributed by atoms with E-state index in [1.54, 1.807) is 0 Å². The van der Waals surface area contributed by atoms with E-state index < -0.39 is 118 Å². The van der Waals surface area contributed by atoms with Crippen molar-refractivity contribution in [2.75, 3.05) is 11.5 Å². The van der Waals surface area contributed by atoms with Crippen LogP contribution >= 0.6 is 0 Å². The zero-order valence-corrected chi connectivity index (χ0v) is 42.4. The first-order chi connectivity index (χ1) is 28.8. The second-order valence-electron chi connectivity index (χ2n) is 12.1. The van der Waals surface area contributed by atoms with Crippen molar-refractivity contribution < 1.29 is 172 Å². The summed E-state index contributed by atoms with van der Waals surface area (Å²) in [6.45, 7) is 0. The zero-order valence-electron chi connectivity index (χ0n) is 33.5. The van der Waals surface area contributed by atoms with Crippen molar-refractivity contribution in [3.05, 3.63) is 113 Å². The van der Waals surface area contributed by atoms with Crippen LogP contribution in [0.3, 0.4) is 0 Å². The van der Waals surface area contributed by atoms with Crippen molar-refractivity contribution in [2.24, 2.45) is 20.5 Å². The number of hydrogen-bond donors (Lipinski definition) is 8. The van der Waals surface area contributed by atoms with Gasteiger partial charge in [0.2, 0.25) is 11.5 Å². The minimum absolute atomic E-state index is 0. The predicted octanol–water partition coefficient (Wildman–Crippen LogP) is -2.37. The van der Waals surface area contributed by atoms with Crippen LogP contribution in [0.5, 0.6) is 23.0 Å². The quantitative estimate of drug-likeness (QED) is 0.0178. The summed E-state index contributed by atoms with van der Waals surface area (Å²) in [6, 6.07) is 12.4. The van der Waals surface area contributed by atoms with Gasteiger partial charge in [-0.15, -0.1) is 20.5 Å². The Kier molecular flexibility index (Phi) is 20.5. The number of fused-ring (bicyclic) bond motifs is 2. The van der Waals surface area contributed by atoms with E-state index in [4.69, 9.17) is 11.5 Å². The summed E-state index contributed by atoms with van der Waals surface area (Å²) in [7, 11) is -9.88. The third-order valence-electron chi connectivity index (χ3n) is 8.15. The van der Waals surface area contributed by atoms with Crippen molar-refractivity contribution in [3.8, 4) is 23.0 Å². The van der Waals surface area contributed by atoms with Crippen LogP contribution in [0.15, 0.2) is 103 Å². The average molecular weight is 1020 g/mol. The maximum absolute atomic E-state index is 11.8. The van der Waals surface area contributed by atoms with Gasteiger partial charge in [0.25, 0.3) is 31.6 Å². The number of azo groups is 2.